The van der Waals surface area contributed by atoms with Crippen LogP contribution < -0.4 is 0 Å². The maximum absolute atomic E-state index is 3.38. The third kappa shape index (κ3) is 1.77. The molecule has 2 nitrogen and oxygen atoms in total. The summed E-state index contributed by atoms with van der Waals surface area (Å²) in [5, 5.41) is 1.40. The Morgan fingerprint density at radius 1 is 1.41 bits per heavy atom. The highest BCUT2D eigenvalue weighted by Crippen LogP contribution is 2.33. The predicted molar refractivity (Wildman–Crippen MR) is 74.5 cm³/mol. The highest BCUT2D eigenvalue weighted by atomic mass is 15.2. The molecule has 3 rings (SSSR count). The van der Waals surface area contributed by atoms with Crippen molar-refractivity contribution in [2.75, 3.05) is 13.1 Å². The molecule has 1 unspecified atom stereocenters. The minimum absolute atomic E-state index is 0. The van der Waals surface area contributed by atoms with Gasteiger partial charge in [-0.15, -0.1) is 0 Å². The second-order valence-corrected chi connectivity index (χ2v) is 5.20. The van der Waals surface area contributed by atoms with Crippen molar-refractivity contribution in [1.29, 1.82) is 0 Å². The van der Waals surface area contributed by atoms with Crippen LogP contribution in [0.5, 0.6) is 0 Å². The maximum atomic E-state index is 3.38. The van der Waals surface area contributed by atoms with Crippen LogP contribution in [0.1, 0.15) is 33.2 Å². The molecule has 2 heterocycles. The van der Waals surface area contributed by atoms with Crippen LogP contribution in [0, 0.1) is 0 Å². The summed E-state index contributed by atoms with van der Waals surface area (Å²) in [6, 6.07) is 9.34. The van der Waals surface area contributed by atoms with Crippen LogP contribution in [-0.4, -0.2) is 29.0 Å². The number of hydrogen-bond donors (Lipinski definition) is 1. The maximum Gasteiger partial charge on any atom is 0.0456 e. The molecular formula is C15H22N2. The summed E-state index contributed by atoms with van der Waals surface area (Å²) in [5.74, 6) is 0.722. The van der Waals surface area contributed by atoms with E-state index in [4.69, 9.17) is 0 Å². The highest BCUT2D eigenvalue weighted by Gasteiger charge is 2.31. The first-order valence-electron chi connectivity index (χ1n) is 6.59. The summed E-state index contributed by atoms with van der Waals surface area (Å²) in [4.78, 5) is 5.95. The number of H-pyrrole nitrogens is 1. The fourth-order valence-corrected chi connectivity index (χ4v) is 2.76. The van der Waals surface area contributed by atoms with Gasteiger partial charge in [-0.25, -0.2) is 0 Å². The zero-order chi connectivity index (χ0) is 11.8. The van der Waals surface area contributed by atoms with Crippen molar-refractivity contribution in [3.63, 3.8) is 0 Å². The van der Waals surface area contributed by atoms with E-state index in [1.54, 1.807) is 0 Å². The molecule has 92 valence electrons. The fraction of sp³-hybridized carbons (Fsp3) is 0.467. The third-order valence-corrected chi connectivity index (χ3v) is 4.19. The molecule has 1 N–H and O–H groups in total. The van der Waals surface area contributed by atoms with Crippen molar-refractivity contribution in [3.8, 4) is 0 Å². The largest absolute Gasteiger partial charge is 0.361 e. The van der Waals surface area contributed by atoms with Crippen LogP contribution in [0.3, 0.4) is 0 Å². The summed E-state index contributed by atoms with van der Waals surface area (Å²) in [5.41, 5.74) is 2.77. The van der Waals surface area contributed by atoms with Gasteiger partial charge in [0, 0.05) is 43.6 Å². The van der Waals surface area contributed by atoms with Crippen LogP contribution in [0.25, 0.3) is 10.9 Å². The van der Waals surface area contributed by atoms with Gasteiger partial charge in [-0.3, -0.25) is 4.90 Å². The van der Waals surface area contributed by atoms with E-state index in [0.29, 0.717) is 0 Å². The van der Waals surface area contributed by atoms with Gasteiger partial charge in [0.05, 0.1) is 0 Å². The Morgan fingerprint density at radius 3 is 2.94 bits per heavy atom. The molecule has 1 atom stereocenters. The molecule has 2 heteroatoms. The lowest BCUT2D eigenvalue weighted by molar-refractivity contribution is 0.0988. The number of para-hydroxylation sites is 1. The number of likely N-dealkylation sites (tertiary alicyclic amines) is 1. The molecule has 1 aromatic heterocycles. The van der Waals surface area contributed by atoms with Gasteiger partial charge in [-0.05, 0) is 25.0 Å². The van der Waals surface area contributed by atoms with Gasteiger partial charge >= 0.3 is 0 Å². The third-order valence-electron chi connectivity index (χ3n) is 4.19. The topological polar surface area (TPSA) is 19.0 Å². The van der Waals surface area contributed by atoms with Crippen LogP contribution >= 0.6 is 0 Å². The smallest absolute Gasteiger partial charge is 0.0456 e. The minimum Gasteiger partial charge on any atom is -0.361 e. The molecule has 1 saturated heterocycles. The molecule has 0 radical (unpaired) electrons. The molecule has 0 aliphatic carbocycles. The first-order valence-corrected chi connectivity index (χ1v) is 6.59. The van der Waals surface area contributed by atoms with Gasteiger partial charge < -0.3 is 4.98 Å². The Bertz CT molecular complexity index is 514. The van der Waals surface area contributed by atoms with Gasteiger partial charge in [0.1, 0.15) is 0 Å². The minimum atomic E-state index is 0. The van der Waals surface area contributed by atoms with Crippen LogP contribution in [0.15, 0.2) is 30.5 Å². The van der Waals surface area contributed by atoms with Crippen molar-refractivity contribution >= 4 is 10.9 Å². The molecule has 2 aromatic rings. The summed E-state index contributed by atoms with van der Waals surface area (Å²) in [6.45, 7) is 7.03. The van der Waals surface area contributed by atoms with Crippen LogP contribution in [0.4, 0.5) is 0 Å². The summed E-state index contributed by atoms with van der Waals surface area (Å²) < 4.78 is 0. The Balaban J connectivity index is 0.00000120. The SMILES string of the molecule is CCC(C)N1CC(c2c[nH]c3ccccc23)C1.[HH]. The zero-order valence-electron chi connectivity index (χ0n) is 10.6. The number of rotatable bonds is 3. The Morgan fingerprint density at radius 2 is 2.18 bits per heavy atom. The van der Waals surface area contributed by atoms with Crippen molar-refractivity contribution < 1.29 is 1.43 Å². The summed E-state index contributed by atoms with van der Waals surface area (Å²) >= 11 is 0. The quantitative estimate of drug-likeness (QED) is 0.853. The molecule has 17 heavy (non-hydrogen) atoms. The fourth-order valence-electron chi connectivity index (χ4n) is 2.76. The number of fused-ring (bicyclic) bond motifs is 1. The second-order valence-electron chi connectivity index (χ2n) is 5.20. The van der Waals surface area contributed by atoms with E-state index in [1.165, 1.54) is 36.0 Å². The van der Waals surface area contributed by atoms with Gasteiger partial charge in [-0.1, -0.05) is 25.1 Å². The molecule has 1 aliphatic rings. The molecule has 0 spiro atoms. The highest BCUT2D eigenvalue weighted by molar-refractivity contribution is 5.83. The number of aromatic amines is 1. The lowest BCUT2D eigenvalue weighted by atomic mass is 9.89. The molecule has 0 saturated carbocycles. The van der Waals surface area contributed by atoms with Crippen LogP contribution in [0.2, 0.25) is 0 Å². The first-order chi connectivity index (χ1) is 8.29. The Kier molecular flexibility index (Phi) is 2.67. The summed E-state index contributed by atoms with van der Waals surface area (Å²) in [7, 11) is 0. The summed E-state index contributed by atoms with van der Waals surface area (Å²) in [6.07, 6.45) is 3.45. The lowest BCUT2D eigenvalue weighted by Gasteiger charge is -2.43. The van der Waals surface area contributed by atoms with E-state index in [-0.39, 0.29) is 1.43 Å². The predicted octanol–water partition coefficient (Wildman–Crippen LogP) is 3.61. The normalized spacial score (nSPS) is 19.4. The number of nitrogens with zero attached hydrogens (tertiary/aromatic N) is 1. The first kappa shape index (κ1) is 10.8. The lowest BCUT2D eigenvalue weighted by Crippen LogP contribution is -2.49. The molecular weight excluding hydrogens is 208 g/mol. The van der Waals surface area contributed by atoms with Crippen molar-refractivity contribution in [2.24, 2.45) is 0 Å². The standard InChI is InChI=1S/C15H20N2.H2/c1-3-11(2)17-9-12(10-17)14-8-16-15-7-5-4-6-13(14)15;/h4-8,11-12,16H,3,9-10H2,1-2H3;1H. The molecule has 0 amide bonds. The number of benzene rings is 1. The molecule has 1 fully saturated rings. The van der Waals surface area contributed by atoms with Crippen LogP contribution in [-0.2, 0) is 0 Å². The van der Waals surface area contributed by atoms with E-state index >= 15 is 0 Å². The average Bonchev–Trinajstić information content (AvgIpc) is 2.71. The second kappa shape index (κ2) is 4.19. The van der Waals surface area contributed by atoms with Crippen molar-refractivity contribution in [1.82, 2.24) is 9.88 Å². The van der Waals surface area contributed by atoms with Gasteiger partial charge in [-0.2, -0.15) is 0 Å². The van der Waals surface area contributed by atoms with E-state index < -0.39 is 0 Å². The average molecular weight is 230 g/mol. The van der Waals surface area contributed by atoms with Gasteiger partial charge in [0.2, 0.25) is 0 Å². The molecule has 1 aliphatic heterocycles. The zero-order valence-corrected chi connectivity index (χ0v) is 10.6. The molecule has 0 bridgehead atoms. The van der Waals surface area contributed by atoms with E-state index in [9.17, 15) is 0 Å². The Hall–Kier alpha value is -1.28. The monoisotopic (exact) mass is 230 g/mol. The van der Waals surface area contributed by atoms with Gasteiger partial charge in [0.25, 0.3) is 0 Å². The number of aromatic nitrogens is 1. The van der Waals surface area contributed by atoms with E-state index in [0.717, 1.165) is 12.0 Å². The molecule has 1 aromatic carbocycles. The van der Waals surface area contributed by atoms with E-state index in [2.05, 4.69) is 54.2 Å². The van der Waals surface area contributed by atoms with Crippen molar-refractivity contribution in [2.45, 2.75) is 32.2 Å². The number of hydrogen-bond acceptors (Lipinski definition) is 1. The number of nitrogens with one attached hydrogen (secondary N) is 1. The van der Waals surface area contributed by atoms with Crippen molar-refractivity contribution in [3.05, 3.63) is 36.0 Å². The Labute approximate surface area is 104 Å². The van der Waals surface area contributed by atoms with Gasteiger partial charge in [0.15, 0.2) is 0 Å². The van der Waals surface area contributed by atoms with E-state index in [1.807, 2.05) is 0 Å².